The predicted molar refractivity (Wildman–Crippen MR) is 107 cm³/mol. The number of benzene rings is 1. The zero-order valence-electron chi connectivity index (χ0n) is 16.6. The summed E-state index contributed by atoms with van der Waals surface area (Å²) in [6, 6.07) is 10.1. The Morgan fingerprint density at radius 1 is 1.15 bits per heavy atom. The van der Waals surface area contributed by atoms with Crippen LogP contribution in [0.15, 0.2) is 30.3 Å². The lowest BCUT2D eigenvalue weighted by Crippen LogP contribution is -2.80. The van der Waals surface area contributed by atoms with Gasteiger partial charge in [0, 0.05) is 38.3 Å². The molecule has 1 aromatic rings. The van der Waals surface area contributed by atoms with Crippen LogP contribution in [0, 0.1) is 0 Å². The molecule has 1 spiro atoms. The maximum Gasteiger partial charge on any atom is 0.253 e. The molecule has 3 heterocycles. The Bertz CT molecular complexity index is 630. The average Bonchev–Trinajstić information content (AvgIpc) is 2.69. The van der Waals surface area contributed by atoms with Crippen LogP contribution >= 0.6 is 0 Å². The first kappa shape index (κ1) is 18.9. The van der Waals surface area contributed by atoms with Gasteiger partial charge in [-0.2, -0.15) is 0 Å². The number of amides is 1. The van der Waals surface area contributed by atoms with E-state index < -0.39 is 0 Å². The normalized spacial score (nSPS) is 25.2. The highest BCUT2D eigenvalue weighted by Crippen LogP contribution is 2.36. The van der Waals surface area contributed by atoms with Crippen LogP contribution in [0.5, 0.6) is 0 Å². The van der Waals surface area contributed by atoms with Gasteiger partial charge < -0.3 is 9.64 Å². The van der Waals surface area contributed by atoms with Crippen molar-refractivity contribution < 1.29 is 9.53 Å². The van der Waals surface area contributed by atoms with Crippen molar-refractivity contribution in [3.8, 4) is 0 Å². The topological polar surface area (TPSA) is 36.0 Å². The summed E-state index contributed by atoms with van der Waals surface area (Å²) in [6.45, 7) is 9.85. The van der Waals surface area contributed by atoms with Gasteiger partial charge in [-0.25, -0.2) is 0 Å². The number of hydrogen-bond acceptors (Lipinski definition) is 4. The Hall–Kier alpha value is -1.43. The molecule has 0 aliphatic carbocycles. The number of piperazine rings is 1. The second kappa shape index (κ2) is 8.29. The standard InChI is InChI=1S/C22H33N3O2/c1-2-3-4-8-11-23-16-22(17-23)18-24(14-20-15-27-13-12-25(20)22)21(26)19-9-6-5-7-10-19/h5-7,9-10,20H,2-4,8,11-18H2,1H3/t20-/m1/s1. The molecule has 5 heteroatoms. The van der Waals surface area contributed by atoms with E-state index in [9.17, 15) is 4.79 Å². The third-order valence-electron chi connectivity index (χ3n) is 6.42. The van der Waals surface area contributed by atoms with Crippen molar-refractivity contribution in [1.82, 2.24) is 14.7 Å². The Labute approximate surface area is 163 Å². The van der Waals surface area contributed by atoms with Gasteiger partial charge in [-0.1, -0.05) is 44.4 Å². The van der Waals surface area contributed by atoms with Crippen LogP contribution in [0.4, 0.5) is 0 Å². The van der Waals surface area contributed by atoms with E-state index in [0.717, 1.165) is 51.5 Å². The quantitative estimate of drug-likeness (QED) is 0.720. The van der Waals surface area contributed by atoms with Crippen molar-refractivity contribution >= 4 is 5.91 Å². The minimum atomic E-state index is 0.127. The first-order valence-corrected chi connectivity index (χ1v) is 10.6. The molecule has 3 aliphatic rings. The fourth-order valence-corrected chi connectivity index (χ4v) is 5.10. The van der Waals surface area contributed by atoms with Gasteiger partial charge >= 0.3 is 0 Å². The summed E-state index contributed by atoms with van der Waals surface area (Å²) >= 11 is 0. The van der Waals surface area contributed by atoms with Gasteiger partial charge in [-0.05, 0) is 25.1 Å². The van der Waals surface area contributed by atoms with E-state index in [1.807, 2.05) is 30.3 Å². The molecule has 0 saturated carbocycles. The van der Waals surface area contributed by atoms with Crippen LogP contribution in [0.25, 0.3) is 0 Å². The fourth-order valence-electron chi connectivity index (χ4n) is 5.10. The highest BCUT2D eigenvalue weighted by Gasteiger charge is 2.54. The predicted octanol–water partition coefficient (Wildman–Crippen LogP) is 2.48. The molecule has 0 aromatic heterocycles. The van der Waals surface area contributed by atoms with E-state index in [1.54, 1.807) is 0 Å². The van der Waals surface area contributed by atoms with Gasteiger partial charge in [0.1, 0.15) is 0 Å². The SMILES string of the molecule is CCCCCCN1CC2(C1)CN(C(=O)c1ccccc1)C[C@@H]1COCCN12. The van der Waals surface area contributed by atoms with E-state index in [0.29, 0.717) is 6.04 Å². The molecule has 4 rings (SSSR count). The number of ether oxygens (including phenoxy) is 1. The number of unbranched alkanes of at least 4 members (excludes halogenated alkanes) is 3. The van der Waals surface area contributed by atoms with Gasteiger partial charge in [0.25, 0.3) is 5.91 Å². The molecule has 0 bridgehead atoms. The molecular formula is C22H33N3O2. The third kappa shape index (κ3) is 3.91. The summed E-state index contributed by atoms with van der Waals surface area (Å²) < 4.78 is 5.76. The van der Waals surface area contributed by atoms with Gasteiger partial charge in [-0.15, -0.1) is 0 Å². The highest BCUT2D eigenvalue weighted by atomic mass is 16.5. The van der Waals surface area contributed by atoms with Gasteiger partial charge in [-0.3, -0.25) is 14.6 Å². The van der Waals surface area contributed by atoms with Gasteiger partial charge in [0.05, 0.1) is 24.8 Å². The summed E-state index contributed by atoms with van der Waals surface area (Å²) in [5.41, 5.74) is 0.926. The number of likely N-dealkylation sites (tertiary alicyclic amines) is 1. The number of morpholine rings is 1. The molecule has 3 saturated heterocycles. The van der Waals surface area contributed by atoms with Gasteiger partial charge in [0.2, 0.25) is 0 Å². The Morgan fingerprint density at radius 3 is 2.74 bits per heavy atom. The smallest absolute Gasteiger partial charge is 0.253 e. The zero-order chi connectivity index (χ0) is 18.7. The second-order valence-corrected chi connectivity index (χ2v) is 8.47. The number of carbonyl (C=O) groups excluding carboxylic acids is 1. The summed E-state index contributed by atoms with van der Waals surface area (Å²) in [4.78, 5) is 20.4. The first-order valence-electron chi connectivity index (χ1n) is 10.6. The average molecular weight is 372 g/mol. The van der Waals surface area contributed by atoms with Crippen LogP contribution in [0.2, 0.25) is 0 Å². The van der Waals surface area contributed by atoms with E-state index in [-0.39, 0.29) is 11.4 Å². The minimum Gasteiger partial charge on any atom is -0.378 e. The van der Waals surface area contributed by atoms with Crippen molar-refractivity contribution in [3.63, 3.8) is 0 Å². The van der Waals surface area contributed by atoms with Crippen molar-refractivity contribution in [1.29, 1.82) is 0 Å². The number of carbonyl (C=O) groups is 1. The van der Waals surface area contributed by atoms with E-state index >= 15 is 0 Å². The molecule has 0 unspecified atom stereocenters. The number of hydrogen-bond donors (Lipinski definition) is 0. The number of rotatable bonds is 6. The van der Waals surface area contributed by atoms with Crippen LogP contribution < -0.4 is 0 Å². The van der Waals surface area contributed by atoms with Crippen LogP contribution in [-0.2, 0) is 4.74 Å². The molecule has 148 valence electrons. The molecule has 3 fully saturated rings. The molecule has 27 heavy (non-hydrogen) atoms. The first-order chi connectivity index (χ1) is 13.2. The molecule has 1 aromatic carbocycles. The van der Waals surface area contributed by atoms with Crippen molar-refractivity contribution in [2.24, 2.45) is 0 Å². The minimum absolute atomic E-state index is 0.127. The maximum atomic E-state index is 13.1. The van der Waals surface area contributed by atoms with Crippen molar-refractivity contribution in [2.75, 3.05) is 52.5 Å². The summed E-state index contributed by atoms with van der Waals surface area (Å²) in [5.74, 6) is 0.168. The molecule has 1 atom stereocenters. The molecule has 3 aliphatic heterocycles. The van der Waals surface area contributed by atoms with Crippen LogP contribution in [-0.4, -0.2) is 84.7 Å². The molecule has 5 nitrogen and oxygen atoms in total. The third-order valence-corrected chi connectivity index (χ3v) is 6.42. The Morgan fingerprint density at radius 2 is 1.96 bits per heavy atom. The second-order valence-electron chi connectivity index (χ2n) is 8.47. The highest BCUT2D eigenvalue weighted by molar-refractivity contribution is 5.94. The Balaban J connectivity index is 1.43. The van der Waals surface area contributed by atoms with Crippen LogP contribution in [0.1, 0.15) is 43.0 Å². The lowest BCUT2D eigenvalue weighted by Gasteiger charge is -2.63. The lowest BCUT2D eigenvalue weighted by molar-refractivity contribution is -0.158. The molecule has 1 amide bonds. The summed E-state index contributed by atoms with van der Waals surface area (Å²) in [5, 5.41) is 0. The summed E-state index contributed by atoms with van der Waals surface area (Å²) in [7, 11) is 0. The van der Waals surface area contributed by atoms with E-state index in [4.69, 9.17) is 4.74 Å². The van der Waals surface area contributed by atoms with Crippen molar-refractivity contribution in [3.05, 3.63) is 35.9 Å². The van der Waals surface area contributed by atoms with Crippen LogP contribution in [0.3, 0.4) is 0 Å². The van der Waals surface area contributed by atoms with E-state index in [2.05, 4.69) is 21.6 Å². The molecule has 0 N–H and O–H groups in total. The maximum absolute atomic E-state index is 13.1. The molecule has 0 radical (unpaired) electrons. The monoisotopic (exact) mass is 371 g/mol. The lowest BCUT2D eigenvalue weighted by atomic mass is 9.82. The van der Waals surface area contributed by atoms with Gasteiger partial charge in [0.15, 0.2) is 0 Å². The number of fused-ring (bicyclic) bond motifs is 2. The molecular weight excluding hydrogens is 338 g/mol. The Kier molecular flexibility index (Phi) is 5.81. The fraction of sp³-hybridized carbons (Fsp3) is 0.682. The van der Waals surface area contributed by atoms with E-state index in [1.165, 1.54) is 32.2 Å². The number of nitrogens with zero attached hydrogens (tertiary/aromatic N) is 3. The summed E-state index contributed by atoms with van der Waals surface area (Å²) in [6.07, 6.45) is 5.25. The zero-order valence-corrected chi connectivity index (χ0v) is 16.6. The van der Waals surface area contributed by atoms with Crippen molar-refractivity contribution in [2.45, 2.75) is 44.2 Å². The largest absolute Gasteiger partial charge is 0.378 e.